The van der Waals surface area contributed by atoms with Gasteiger partial charge in [0.2, 0.25) is 5.91 Å². The minimum atomic E-state index is -0.0971. The molecule has 0 unspecified atom stereocenters. The van der Waals surface area contributed by atoms with E-state index < -0.39 is 0 Å². The molecule has 2 aliphatic rings. The van der Waals surface area contributed by atoms with E-state index in [4.69, 9.17) is 9.47 Å². The molecule has 126 valence electrons. The van der Waals surface area contributed by atoms with Crippen molar-refractivity contribution in [2.75, 3.05) is 33.4 Å². The van der Waals surface area contributed by atoms with Gasteiger partial charge in [0.05, 0.1) is 13.0 Å². The van der Waals surface area contributed by atoms with Crippen LogP contribution in [0.25, 0.3) is 0 Å². The Morgan fingerprint density at radius 2 is 2.17 bits per heavy atom. The Kier molecular flexibility index (Phi) is 5.06. The van der Waals surface area contributed by atoms with Crippen LogP contribution in [0.1, 0.15) is 25.3 Å². The first-order valence-electron chi connectivity index (χ1n) is 8.52. The number of nitrogens with one attached hydrogen (secondary N) is 1. The largest absolute Gasteiger partial charge is 0.497 e. The number of amides is 1. The molecule has 3 rings (SSSR count). The zero-order chi connectivity index (χ0) is 16.2. The number of ether oxygens (including phenoxy) is 2. The number of methoxy groups -OCH3 is 1. The van der Waals surface area contributed by atoms with Crippen molar-refractivity contribution < 1.29 is 14.3 Å². The van der Waals surface area contributed by atoms with Gasteiger partial charge in [-0.3, -0.25) is 4.79 Å². The first kappa shape index (κ1) is 16.1. The molecule has 5 nitrogen and oxygen atoms in total. The number of benzene rings is 1. The molecule has 5 heteroatoms. The van der Waals surface area contributed by atoms with Crippen LogP contribution < -0.4 is 14.8 Å². The third kappa shape index (κ3) is 3.78. The third-order valence-electron chi connectivity index (χ3n) is 4.93. The molecular formula is C18H26N2O3. The fraction of sp³-hybridized carbons (Fsp3) is 0.611. The summed E-state index contributed by atoms with van der Waals surface area (Å²) >= 11 is 0. The molecule has 1 aromatic rings. The van der Waals surface area contributed by atoms with Gasteiger partial charge < -0.3 is 19.7 Å². The van der Waals surface area contributed by atoms with E-state index in [1.165, 1.54) is 0 Å². The molecule has 1 aromatic carbocycles. The first-order valence-corrected chi connectivity index (χ1v) is 8.52. The van der Waals surface area contributed by atoms with Crippen LogP contribution in [0.2, 0.25) is 0 Å². The van der Waals surface area contributed by atoms with Crippen molar-refractivity contribution in [2.24, 2.45) is 5.92 Å². The summed E-state index contributed by atoms with van der Waals surface area (Å²) in [5, 5.41) is 3.22. The van der Waals surface area contributed by atoms with E-state index in [2.05, 4.69) is 17.1 Å². The molecule has 0 aromatic heterocycles. The van der Waals surface area contributed by atoms with Crippen LogP contribution in [0, 0.1) is 5.92 Å². The quantitative estimate of drug-likeness (QED) is 0.920. The van der Waals surface area contributed by atoms with E-state index in [9.17, 15) is 4.79 Å². The number of carbonyl (C=O) groups excluding carboxylic acids is 1. The number of fused-ring (bicyclic) bond motifs is 1. The highest BCUT2D eigenvalue weighted by Gasteiger charge is 2.28. The summed E-state index contributed by atoms with van der Waals surface area (Å²) in [4.78, 5) is 14.9. The molecule has 1 saturated heterocycles. The van der Waals surface area contributed by atoms with Gasteiger partial charge in [-0.2, -0.15) is 0 Å². The lowest BCUT2D eigenvalue weighted by Gasteiger charge is -2.33. The monoisotopic (exact) mass is 318 g/mol. The van der Waals surface area contributed by atoms with Gasteiger partial charge in [0, 0.05) is 25.2 Å². The maximum absolute atomic E-state index is 12.5. The average Bonchev–Trinajstić information content (AvgIpc) is 2.61. The molecule has 23 heavy (non-hydrogen) atoms. The molecule has 2 heterocycles. The van der Waals surface area contributed by atoms with E-state index in [1.807, 2.05) is 18.2 Å². The van der Waals surface area contributed by atoms with Gasteiger partial charge in [-0.25, -0.2) is 0 Å². The molecule has 1 atom stereocenters. The minimum absolute atomic E-state index is 0.0971. The smallest absolute Gasteiger partial charge is 0.227 e. The van der Waals surface area contributed by atoms with Crippen LogP contribution in [0.15, 0.2) is 18.2 Å². The topological polar surface area (TPSA) is 50.8 Å². The predicted molar refractivity (Wildman–Crippen MR) is 89.0 cm³/mol. The average molecular weight is 318 g/mol. The second kappa shape index (κ2) is 7.21. The van der Waals surface area contributed by atoms with E-state index in [1.54, 1.807) is 7.11 Å². The van der Waals surface area contributed by atoms with Crippen molar-refractivity contribution in [3.05, 3.63) is 23.8 Å². The van der Waals surface area contributed by atoms with E-state index in [0.717, 1.165) is 56.0 Å². The van der Waals surface area contributed by atoms with Crippen molar-refractivity contribution in [1.82, 2.24) is 10.2 Å². The highest BCUT2D eigenvalue weighted by Crippen LogP contribution is 2.31. The fourth-order valence-electron chi connectivity index (χ4n) is 3.36. The second-order valence-corrected chi connectivity index (χ2v) is 6.40. The number of piperidine rings is 1. The Hall–Kier alpha value is -1.75. The van der Waals surface area contributed by atoms with Crippen molar-refractivity contribution in [3.63, 3.8) is 0 Å². The Labute approximate surface area is 137 Å². The number of carbonyl (C=O) groups is 1. The van der Waals surface area contributed by atoms with Crippen LogP contribution in [-0.2, 0) is 11.2 Å². The molecular weight excluding hydrogens is 292 g/mol. The first-order chi connectivity index (χ1) is 11.2. The zero-order valence-electron chi connectivity index (χ0n) is 14.0. The van der Waals surface area contributed by atoms with Crippen molar-refractivity contribution in [1.29, 1.82) is 0 Å². The standard InChI is InChI=1S/C18H26N2O3/c1-3-20-8-6-15(7-9-20)19-18(21)14-10-13-4-5-16(22-2)11-17(13)23-12-14/h4-5,11,14-15H,3,6-10,12H2,1-2H3,(H,19,21)/t14-/m1/s1. The summed E-state index contributed by atoms with van der Waals surface area (Å²) in [6.07, 6.45) is 2.82. The molecule has 0 radical (unpaired) electrons. The summed E-state index contributed by atoms with van der Waals surface area (Å²) in [6, 6.07) is 6.11. The number of nitrogens with zero attached hydrogens (tertiary/aromatic N) is 1. The highest BCUT2D eigenvalue weighted by molar-refractivity contribution is 5.80. The molecule has 2 aliphatic heterocycles. The van der Waals surface area contributed by atoms with Gasteiger partial charge in [0.1, 0.15) is 18.1 Å². The maximum Gasteiger partial charge on any atom is 0.227 e. The summed E-state index contributed by atoms with van der Waals surface area (Å²) in [5.41, 5.74) is 1.08. The fourth-order valence-corrected chi connectivity index (χ4v) is 3.36. The third-order valence-corrected chi connectivity index (χ3v) is 4.93. The highest BCUT2D eigenvalue weighted by atomic mass is 16.5. The second-order valence-electron chi connectivity index (χ2n) is 6.40. The molecule has 0 saturated carbocycles. The number of rotatable bonds is 4. The van der Waals surface area contributed by atoms with Crippen LogP contribution >= 0.6 is 0 Å². The Bertz CT molecular complexity index is 553. The van der Waals surface area contributed by atoms with Gasteiger partial charge >= 0.3 is 0 Å². The molecule has 1 amide bonds. The van der Waals surface area contributed by atoms with Gasteiger partial charge in [0.15, 0.2) is 0 Å². The van der Waals surface area contributed by atoms with Crippen LogP contribution in [0.4, 0.5) is 0 Å². The molecule has 0 spiro atoms. The van der Waals surface area contributed by atoms with E-state index in [-0.39, 0.29) is 11.8 Å². The number of likely N-dealkylation sites (tertiary alicyclic amines) is 1. The maximum atomic E-state index is 12.5. The summed E-state index contributed by atoms with van der Waals surface area (Å²) in [7, 11) is 1.64. The Morgan fingerprint density at radius 1 is 1.39 bits per heavy atom. The van der Waals surface area contributed by atoms with Crippen LogP contribution in [0.3, 0.4) is 0 Å². The zero-order valence-corrected chi connectivity index (χ0v) is 14.0. The lowest BCUT2D eigenvalue weighted by molar-refractivity contribution is -0.127. The summed E-state index contributed by atoms with van der Waals surface area (Å²) in [6.45, 7) is 5.87. The van der Waals surface area contributed by atoms with Gasteiger partial charge in [-0.1, -0.05) is 13.0 Å². The lowest BCUT2D eigenvalue weighted by Crippen LogP contribution is -2.47. The minimum Gasteiger partial charge on any atom is -0.497 e. The van der Waals surface area contributed by atoms with Crippen LogP contribution in [0.5, 0.6) is 11.5 Å². The lowest BCUT2D eigenvalue weighted by atomic mass is 9.95. The molecule has 1 N–H and O–H groups in total. The summed E-state index contributed by atoms with van der Waals surface area (Å²) < 4.78 is 11.0. The van der Waals surface area contributed by atoms with Gasteiger partial charge in [0.25, 0.3) is 0 Å². The van der Waals surface area contributed by atoms with Crippen molar-refractivity contribution >= 4 is 5.91 Å². The van der Waals surface area contributed by atoms with Crippen molar-refractivity contribution in [2.45, 2.75) is 32.2 Å². The normalized spacial score (nSPS) is 22.1. The Balaban J connectivity index is 1.55. The van der Waals surface area contributed by atoms with E-state index in [0.29, 0.717) is 12.6 Å². The Morgan fingerprint density at radius 3 is 2.87 bits per heavy atom. The van der Waals surface area contributed by atoms with Crippen molar-refractivity contribution in [3.8, 4) is 11.5 Å². The van der Waals surface area contributed by atoms with Crippen LogP contribution in [-0.4, -0.2) is 50.2 Å². The number of hydrogen-bond donors (Lipinski definition) is 1. The molecule has 0 aliphatic carbocycles. The molecule has 0 bridgehead atoms. The summed E-state index contributed by atoms with van der Waals surface area (Å²) in [5.74, 6) is 1.65. The predicted octanol–water partition coefficient (Wildman–Crippen LogP) is 1.85. The number of hydrogen-bond acceptors (Lipinski definition) is 4. The molecule has 1 fully saturated rings. The van der Waals surface area contributed by atoms with Gasteiger partial charge in [-0.15, -0.1) is 0 Å². The SMILES string of the molecule is CCN1CCC(NC(=O)[C@H]2COc3cc(OC)ccc3C2)CC1. The van der Waals surface area contributed by atoms with E-state index >= 15 is 0 Å². The van der Waals surface area contributed by atoms with Gasteiger partial charge in [-0.05, 0) is 37.4 Å².